The number of carbonyl (C=O) groups is 1. The predicted octanol–water partition coefficient (Wildman–Crippen LogP) is 7.43. The quantitative estimate of drug-likeness (QED) is 0.184. The van der Waals surface area contributed by atoms with Crippen molar-refractivity contribution < 1.29 is 31.8 Å². The number of para-hydroxylation sites is 1. The van der Waals surface area contributed by atoms with Gasteiger partial charge in [0.15, 0.2) is 0 Å². The molecule has 0 radical (unpaired) electrons. The van der Waals surface area contributed by atoms with E-state index in [0.717, 1.165) is 32.1 Å². The summed E-state index contributed by atoms with van der Waals surface area (Å²) in [6.45, 7) is 3.24. The van der Waals surface area contributed by atoms with Crippen molar-refractivity contribution in [1.29, 1.82) is 0 Å². The Bertz CT molecular complexity index is 1550. The molecular formula is C31H29BrF4N4O3. The minimum absolute atomic E-state index is 0.238. The molecule has 0 saturated carbocycles. The fraction of sp³-hybridized carbons (Fsp3) is 0.290. The van der Waals surface area contributed by atoms with Crippen LogP contribution in [0, 0.1) is 5.82 Å². The van der Waals surface area contributed by atoms with E-state index < -0.39 is 23.5 Å². The summed E-state index contributed by atoms with van der Waals surface area (Å²) in [5.74, 6) is -1.68. The van der Waals surface area contributed by atoms with E-state index in [9.17, 15) is 22.4 Å². The maximum absolute atomic E-state index is 14.5. The van der Waals surface area contributed by atoms with Crippen molar-refractivity contribution in [3.05, 3.63) is 94.3 Å². The van der Waals surface area contributed by atoms with Gasteiger partial charge < -0.3 is 9.47 Å². The van der Waals surface area contributed by atoms with Gasteiger partial charge in [-0.15, -0.1) is 0 Å². The average molecular weight is 661 g/mol. The van der Waals surface area contributed by atoms with Crippen LogP contribution in [0.2, 0.25) is 0 Å². The molecular weight excluding hydrogens is 632 g/mol. The summed E-state index contributed by atoms with van der Waals surface area (Å²) in [5.41, 5.74) is 0.481. The molecule has 0 spiro atoms. The summed E-state index contributed by atoms with van der Waals surface area (Å²) in [6.07, 6.45) is -1.17. The second-order valence-corrected chi connectivity index (χ2v) is 10.9. The lowest BCUT2D eigenvalue weighted by atomic mass is 10.1. The van der Waals surface area contributed by atoms with Gasteiger partial charge in [-0.2, -0.15) is 18.3 Å². The van der Waals surface area contributed by atoms with Gasteiger partial charge in [0.25, 0.3) is 5.91 Å². The van der Waals surface area contributed by atoms with E-state index in [1.807, 2.05) is 0 Å². The molecule has 3 aromatic carbocycles. The molecule has 1 aromatic heterocycles. The highest BCUT2D eigenvalue weighted by atomic mass is 79.9. The molecule has 0 aliphatic carbocycles. The first-order chi connectivity index (χ1) is 20.6. The smallest absolute Gasteiger partial charge is 0.419 e. The Morgan fingerprint density at radius 1 is 1.07 bits per heavy atom. The second-order valence-electron chi connectivity index (χ2n) is 10.0. The molecule has 1 saturated heterocycles. The lowest BCUT2D eigenvalue weighted by molar-refractivity contribution is -0.140. The largest absolute Gasteiger partial charge is 0.492 e. The first-order valence-electron chi connectivity index (χ1n) is 13.6. The number of alkyl halides is 3. The highest BCUT2D eigenvalue weighted by Crippen LogP contribution is 2.40. The van der Waals surface area contributed by atoms with Gasteiger partial charge in [-0.3, -0.25) is 19.3 Å². The van der Waals surface area contributed by atoms with Gasteiger partial charge in [-0.05, 0) is 77.3 Å². The molecule has 226 valence electrons. The Hall–Kier alpha value is -3.74. The lowest BCUT2D eigenvalue weighted by Crippen LogP contribution is -2.30. The van der Waals surface area contributed by atoms with Crippen molar-refractivity contribution in [2.75, 3.05) is 37.9 Å². The zero-order valence-electron chi connectivity index (χ0n) is 23.3. The number of ether oxygens (including phenoxy) is 2. The van der Waals surface area contributed by atoms with E-state index in [-0.39, 0.29) is 5.56 Å². The predicted molar refractivity (Wildman–Crippen MR) is 158 cm³/mol. The maximum atomic E-state index is 14.5. The fourth-order valence-corrected chi connectivity index (χ4v) is 5.47. The summed E-state index contributed by atoms with van der Waals surface area (Å²) in [4.78, 5) is 17.4. The van der Waals surface area contributed by atoms with Crippen molar-refractivity contribution in [2.24, 2.45) is 7.05 Å². The normalized spacial score (nSPS) is 14.4. The summed E-state index contributed by atoms with van der Waals surface area (Å²) in [5, 5.41) is 4.33. The van der Waals surface area contributed by atoms with Crippen molar-refractivity contribution in [3.63, 3.8) is 0 Å². The van der Waals surface area contributed by atoms with E-state index in [4.69, 9.17) is 9.47 Å². The number of benzene rings is 3. The van der Waals surface area contributed by atoms with Crippen molar-refractivity contribution in [3.8, 4) is 17.0 Å². The molecule has 7 nitrogen and oxygen atoms in total. The van der Waals surface area contributed by atoms with Crippen LogP contribution in [0.4, 0.5) is 28.9 Å². The van der Waals surface area contributed by atoms with E-state index in [2.05, 4.69) is 25.9 Å². The number of aryl methyl sites for hydroxylation is 1. The van der Waals surface area contributed by atoms with Crippen LogP contribution in [-0.2, 0) is 18.0 Å². The first-order valence-corrected chi connectivity index (χ1v) is 14.4. The number of rotatable bonds is 8. The summed E-state index contributed by atoms with van der Waals surface area (Å²) < 4.78 is 68.3. The summed E-state index contributed by atoms with van der Waals surface area (Å²) in [6, 6.07) is 15.9. The summed E-state index contributed by atoms with van der Waals surface area (Å²) in [7, 11) is 1.77. The standard InChI is InChI=1S/C31H29BrF4N4O3/c1-38-29(26(32)19-37-38)24-18-23(10-12-28(24)43-16-14-39-13-5-6-15-42-20-39)40(22-7-3-2-4-8-22)30(41)21-9-11-25(27(33)17-21)31(34,35)36/h2-4,7-12,17-19H,5-6,13-16,20H2,1H3. The second kappa shape index (κ2) is 13.3. The minimum Gasteiger partial charge on any atom is -0.492 e. The highest BCUT2D eigenvalue weighted by molar-refractivity contribution is 9.10. The summed E-state index contributed by atoms with van der Waals surface area (Å²) >= 11 is 3.55. The van der Waals surface area contributed by atoms with Gasteiger partial charge in [0.1, 0.15) is 18.2 Å². The van der Waals surface area contributed by atoms with E-state index in [0.29, 0.717) is 64.9 Å². The SMILES string of the molecule is Cn1ncc(Br)c1-c1cc(N(C(=O)c2ccc(C(F)(F)F)c(F)c2)c2ccccc2)ccc1OCCN1CCCCOC1. The van der Waals surface area contributed by atoms with Crippen LogP contribution in [0.25, 0.3) is 11.3 Å². The number of nitrogens with zero attached hydrogens (tertiary/aromatic N) is 4. The van der Waals surface area contributed by atoms with Gasteiger partial charge in [0.2, 0.25) is 0 Å². The molecule has 4 aromatic rings. The third kappa shape index (κ3) is 7.09. The molecule has 0 bridgehead atoms. The highest BCUT2D eigenvalue weighted by Gasteiger charge is 2.35. The van der Waals surface area contributed by atoms with E-state index in [1.165, 1.54) is 4.90 Å². The molecule has 5 rings (SSSR count). The molecule has 1 fully saturated rings. The van der Waals surface area contributed by atoms with Crippen LogP contribution in [0.15, 0.2) is 77.4 Å². The average Bonchev–Trinajstić information content (AvgIpc) is 3.14. The van der Waals surface area contributed by atoms with Gasteiger partial charge in [-0.1, -0.05) is 18.2 Å². The minimum atomic E-state index is -4.88. The van der Waals surface area contributed by atoms with Gasteiger partial charge >= 0.3 is 6.18 Å². The molecule has 0 atom stereocenters. The third-order valence-electron chi connectivity index (χ3n) is 7.06. The molecule has 0 N–H and O–H groups in total. The topological polar surface area (TPSA) is 59.8 Å². The zero-order chi connectivity index (χ0) is 30.6. The number of carbonyl (C=O) groups excluding carboxylic acids is 1. The number of hydrogen-bond acceptors (Lipinski definition) is 5. The van der Waals surface area contributed by atoms with Gasteiger partial charge in [0.05, 0.1) is 34.3 Å². The van der Waals surface area contributed by atoms with Crippen LogP contribution in [0.3, 0.4) is 0 Å². The van der Waals surface area contributed by atoms with Crippen LogP contribution in [0.5, 0.6) is 5.75 Å². The monoisotopic (exact) mass is 660 g/mol. The number of anilines is 2. The molecule has 1 aliphatic rings. The zero-order valence-corrected chi connectivity index (χ0v) is 24.9. The number of aromatic nitrogens is 2. The Morgan fingerprint density at radius 3 is 2.56 bits per heavy atom. The van der Waals surface area contributed by atoms with Crippen LogP contribution in [-0.4, -0.2) is 53.6 Å². The molecule has 2 heterocycles. The number of amides is 1. The van der Waals surface area contributed by atoms with E-state index in [1.54, 1.807) is 66.5 Å². The number of halogens is 5. The van der Waals surface area contributed by atoms with Crippen molar-refractivity contribution in [2.45, 2.75) is 19.0 Å². The van der Waals surface area contributed by atoms with E-state index >= 15 is 0 Å². The Kier molecular flexibility index (Phi) is 9.48. The maximum Gasteiger partial charge on any atom is 0.419 e. The number of hydrogen-bond donors (Lipinski definition) is 0. The molecule has 1 aliphatic heterocycles. The molecule has 0 unspecified atom stereocenters. The van der Waals surface area contributed by atoms with Crippen molar-refractivity contribution in [1.82, 2.24) is 14.7 Å². The lowest BCUT2D eigenvalue weighted by Gasteiger charge is -2.25. The Labute approximate surface area is 254 Å². The Morgan fingerprint density at radius 2 is 1.86 bits per heavy atom. The van der Waals surface area contributed by atoms with Crippen LogP contribution < -0.4 is 9.64 Å². The van der Waals surface area contributed by atoms with Crippen molar-refractivity contribution >= 4 is 33.2 Å². The van der Waals surface area contributed by atoms with Crippen LogP contribution >= 0.6 is 15.9 Å². The third-order valence-corrected chi connectivity index (χ3v) is 7.64. The molecule has 12 heteroatoms. The molecule has 1 amide bonds. The van der Waals surface area contributed by atoms with Gasteiger partial charge in [-0.25, -0.2) is 4.39 Å². The Balaban J connectivity index is 1.53. The van der Waals surface area contributed by atoms with Gasteiger partial charge in [0, 0.05) is 43.6 Å². The molecule has 43 heavy (non-hydrogen) atoms. The first kappa shape index (κ1) is 30.7. The fourth-order valence-electron chi connectivity index (χ4n) is 4.91. The van der Waals surface area contributed by atoms with Crippen LogP contribution in [0.1, 0.15) is 28.8 Å².